The second kappa shape index (κ2) is 5.66. The number of aliphatic hydroxyl groups excluding tert-OH is 1. The van der Waals surface area contributed by atoms with Crippen LogP contribution in [-0.4, -0.2) is 67.3 Å². The molecule has 2 unspecified atom stereocenters. The highest BCUT2D eigenvalue weighted by Gasteiger charge is 2.24. The molecule has 1 saturated heterocycles. The molecule has 0 spiro atoms. The van der Waals surface area contributed by atoms with Crippen LogP contribution >= 0.6 is 0 Å². The minimum absolute atomic E-state index is 0.126. The Balaban J connectivity index is 2.21. The Morgan fingerprint density at radius 1 is 1.57 bits per heavy atom. The monoisotopic (exact) mass is 201 g/mol. The molecule has 0 amide bonds. The summed E-state index contributed by atoms with van der Waals surface area (Å²) in [6.07, 6.45) is 1.95. The third-order valence-corrected chi connectivity index (χ3v) is 2.97. The van der Waals surface area contributed by atoms with E-state index in [0.29, 0.717) is 12.5 Å². The highest BCUT2D eigenvalue weighted by molar-refractivity contribution is 4.82. The SMILES string of the molecule is CN(C)C1CCN(CC(N)CCO)C1. The number of rotatable bonds is 5. The molecule has 0 bridgehead atoms. The summed E-state index contributed by atoms with van der Waals surface area (Å²) in [5.41, 5.74) is 5.87. The van der Waals surface area contributed by atoms with Crippen molar-refractivity contribution in [2.24, 2.45) is 5.73 Å². The molecule has 0 aromatic rings. The van der Waals surface area contributed by atoms with Gasteiger partial charge in [0.2, 0.25) is 0 Å². The zero-order valence-corrected chi connectivity index (χ0v) is 9.32. The number of aliphatic hydroxyl groups is 1. The molecule has 0 saturated carbocycles. The van der Waals surface area contributed by atoms with Crippen LogP contribution in [0.4, 0.5) is 0 Å². The Hall–Kier alpha value is -0.160. The van der Waals surface area contributed by atoms with Crippen molar-refractivity contribution in [3.05, 3.63) is 0 Å². The lowest BCUT2D eigenvalue weighted by Gasteiger charge is -2.22. The molecule has 4 heteroatoms. The second-order valence-electron chi connectivity index (χ2n) is 4.44. The van der Waals surface area contributed by atoms with E-state index in [0.717, 1.165) is 19.6 Å². The van der Waals surface area contributed by atoms with Crippen LogP contribution < -0.4 is 5.73 Å². The fourth-order valence-electron chi connectivity index (χ4n) is 1.99. The third kappa shape index (κ3) is 3.53. The van der Waals surface area contributed by atoms with Crippen molar-refractivity contribution in [1.82, 2.24) is 9.80 Å². The summed E-state index contributed by atoms with van der Waals surface area (Å²) >= 11 is 0. The first kappa shape index (κ1) is 11.9. The predicted octanol–water partition coefficient (Wildman–Crippen LogP) is -0.668. The summed E-state index contributed by atoms with van der Waals surface area (Å²) in [5.74, 6) is 0. The average molecular weight is 201 g/mol. The molecule has 1 heterocycles. The first-order valence-electron chi connectivity index (χ1n) is 5.38. The Labute approximate surface area is 86.7 Å². The maximum absolute atomic E-state index is 8.74. The van der Waals surface area contributed by atoms with Gasteiger partial charge < -0.3 is 20.6 Å². The standard InChI is InChI=1S/C10H23N3O/c1-12(2)10-3-5-13(8-10)7-9(11)4-6-14/h9-10,14H,3-8,11H2,1-2H3. The molecule has 1 fully saturated rings. The largest absolute Gasteiger partial charge is 0.396 e. The van der Waals surface area contributed by atoms with Crippen LogP contribution in [0, 0.1) is 0 Å². The maximum Gasteiger partial charge on any atom is 0.0446 e. The fourth-order valence-corrected chi connectivity index (χ4v) is 1.99. The molecule has 1 aliphatic heterocycles. The smallest absolute Gasteiger partial charge is 0.0446 e. The molecule has 84 valence electrons. The summed E-state index contributed by atoms with van der Waals surface area (Å²) in [4.78, 5) is 4.67. The second-order valence-corrected chi connectivity index (χ2v) is 4.44. The van der Waals surface area contributed by atoms with E-state index >= 15 is 0 Å². The van der Waals surface area contributed by atoms with Crippen molar-refractivity contribution in [1.29, 1.82) is 0 Å². The van der Waals surface area contributed by atoms with Crippen LogP contribution in [0.1, 0.15) is 12.8 Å². The van der Waals surface area contributed by atoms with Gasteiger partial charge in [-0.15, -0.1) is 0 Å². The molecular weight excluding hydrogens is 178 g/mol. The molecule has 0 aromatic heterocycles. The van der Waals surface area contributed by atoms with Crippen molar-refractivity contribution in [2.75, 3.05) is 40.3 Å². The molecule has 2 atom stereocenters. The topological polar surface area (TPSA) is 52.7 Å². The molecule has 1 aliphatic rings. The lowest BCUT2D eigenvalue weighted by Crippen LogP contribution is -2.38. The minimum atomic E-state index is 0.126. The Kier molecular flexibility index (Phi) is 4.81. The van der Waals surface area contributed by atoms with Crippen LogP contribution in [-0.2, 0) is 0 Å². The first-order valence-corrected chi connectivity index (χ1v) is 5.38. The van der Waals surface area contributed by atoms with Crippen molar-refractivity contribution < 1.29 is 5.11 Å². The van der Waals surface area contributed by atoms with Gasteiger partial charge in [-0.1, -0.05) is 0 Å². The Morgan fingerprint density at radius 2 is 2.29 bits per heavy atom. The van der Waals surface area contributed by atoms with E-state index in [9.17, 15) is 0 Å². The van der Waals surface area contributed by atoms with Gasteiger partial charge in [-0.3, -0.25) is 0 Å². The zero-order chi connectivity index (χ0) is 10.6. The number of hydrogen-bond donors (Lipinski definition) is 2. The van der Waals surface area contributed by atoms with Gasteiger partial charge in [0.25, 0.3) is 0 Å². The van der Waals surface area contributed by atoms with E-state index in [1.807, 2.05) is 0 Å². The normalized spacial score (nSPS) is 25.9. The van der Waals surface area contributed by atoms with Crippen molar-refractivity contribution in [3.8, 4) is 0 Å². The minimum Gasteiger partial charge on any atom is -0.396 e. The zero-order valence-electron chi connectivity index (χ0n) is 9.32. The lowest BCUT2D eigenvalue weighted by molar-refractivity contribution is 0.233. The first-order chi connectivity index (χ1) is 6.63. The van der Waals surface area contributed by atoms with E-state index in [-0.39, 0.29) is 12.6 Å². The number of nitrogens with two attached hydrogens (primary N) is 1. The van der Waals surface area contributed by atoms with Gasteiger partial charge >= 0.3 is 0 Å². The summed E-state index contributed by atoms with van der Waals surface area (Å²) in [7, 11) is 4.25. The maximum atomic E-state index is 8.74. The Bertz CT molecular complexity index is 163. The van der Waals surface area contributed by atoms with Gasteiger partial charge in [0, 0.05) is 31.8 Å². The average Bonchev–Trinajstić information content (AvgIpc) is 2.53. The molecule has 3 N–H and O–H groups in total. The van der Waals surface area contributed by atoms with Gasteiger partial charge in [0.1, 0.15) is 0 Å². The van der Waals surface area contributed by atoms with Crippen LogP contribution in [0.2, 0.25) is 0 Å². The van der Waals surface area contributed by atoms with Gasteiger partial charge in [-0.05, 0) is 33.5 Å². The van der Waals surface area contributed by atoms with Crippen LogP contribution in [0.3, 0.4) is 0 Å². The van der Waals surface area contributed by atoms with Gasteiger partial charge in [0.15, 0.2) is 0 Å². The molecule has 14 heavy (non-hydrogen) atoms. The molecule has 0 radical (unpaired) electrons. The van der Waals surface area contributed by atoms with E-state index in [4.69, 9.17) is 10.8 Å². The van der Waals surface area contributed by atoms with Gasteiger partial charge in [0.05, 0.1) is 0 Å². The molecule has 0 aliphatic carbocycles. The van der Waals surface area contributed by atoms with Crippen LogP contribution in [0.5, 0.6) is 0 Å². The van der Waals surface area contributed by atoms with Crippen LogP contribution in [0.15, 0.2) is 0 Å². The molecule has 0 aromatic carbocycles. The van der Waals surface area contributed by atoms with Gasteiger partial charge in [-0.2, -0.15) is 0 Å². The number of hydrogen-bond acceptors (Lipinski definition) is 4. The Morgan fingerprint density at radius 3 is 2.79 bits per heavy atom. The van der Waals surface area contributed by atoms with E-state index < -0.39 is 0 Å². The molecule has 4 nitrogen and oxygen atoms in total. The summed E-state index contributed by atoms with van der Waals surface area (Å²) in [6, 6.07) is 0.803. The van der Waals surface area contributed by atoms with Crippen molar-refractivity contribution in [2.45, 2.75) is 24.9 Å². The van der Waals surface area contributed by atoms with Crippen molar-refractivity contribution in [3.63, 3.8) is 0 Å². The fraction of sp³-hybridized carbons (Fsp3) is 1.00. The summed E-state index contributed by atoms with van der Waals surface area (Å²) < 4.78 is 0. The van der Waals surface area contributed by atoms with E-state index in [1.54, 1.807) is 0 Å². The van der Waals surface area contributed by atoms with Crippen LogP contribution in [0.25, 0.3) is 0 Å². The summed E-state index contributed by atoms with van der Waals surface area (Å²) in [6.45, 7) is 3.38. The highest BCUT2D eigenvalue weighted by Crippen LogP contribution is 2.13. The molecule has 1 rings (SSSR count). The number of likely N-dealkylation sites (N-methyl/N-ethyl adjacent to an activating group) is 1. The predicted molar refractivity (Wildman–Crippen MR) is 58.2 cm³/mol. The van der Waals surface area contributed by atoms with Gasteiger partial charge in [-0.25, -0.2) is 0 Å². The van der Waals surface area contributed by atoms with E-state index in [1.165, 1.54) is 6.42 Å². The van der Waals surface area contributed by atoms with E-state index in [2.05, 4.69) is 23.9 Å². The molecular formula is C10H23N3O. The van der Waals surface area contributed by atoms with Crippen molar-refractivity contribution >= 4 is 0 Å². The third-order valence-electron chi connectivity index (χ3n) is 2.97. The number of likely N-dealkylation sites (tertiary alicyclic amines) is 1. The lowest BCUT2D eigenvalue weighted by atomic mass is 10.2. The highest BCUT2D eigenvalue weighted by atomic mass is 16.3. The summed E-state index contributed by atoms with van der Waals surface area (Å²) in [5, 5.41) is 8.74. The quantitative estimate of drug-likeness (QED) is 0.619. The number of nitrogens with zero attached hydrogens (tertiary/aromatic N) is 2.